The molecule has 9 heteroatoms. The fourth-order valence-electron chi connectivity index (χ4n) is 2.93. The Balaban J connectivity index is 1.61. The normalized spacial score (nSPS) is 18.5. The monoisotopic (exact) mass is 429 g/mol. The first-order valence-electron chi connectivity index (χ1n) is 8.44. The van der Waals surface area contributed by atoms with Crippen molar-refractivity contribution >= 4 is 31.5 Å². The molecule has 6 nitrogen and oxygen atoms in total. The third-order valence-electron chi connectivity index (χ3n) is 4.44. The van der Waals surface area contributed by atoms with Gasteiger partial charge in [-0.05, 0) is 42.8 Å². The number of halogens is 1. The molecule has 1 atom stereocenters. The average Bonchev–Trinajstić information content (AvgIpc) is 3.15. The minimum absolute atomic E-state index is 0.0114. The highest BCUT2D eigenvalue weighted by Crippen LogP contribution is 2.26. The van der Waals surface area contributed by atoms with E-state index in [1.165, 1.54) is 28.6 Å². The molecule has 0 unspecified atom stereocenters. The number of sulfone groups is 1. The van der Waals surface area contributed by atoms with E-state index in [1.807, 2.05) is 6.07 Å². The minimum atomic E-state index is -3.61. The Morgan fingerprint density at radius 2 is 1.67 bits per heavy atom. The lowest BCUT2D eigenvalue weighted by atomic mass is 10.3. The number of ether oxygens (including phenoxy) is 1. The summed E-state index contributed by atoms with van der Waals surface area (Å²) in [7, 11) is -7.20. The molecule has 1 aliphatic rings. The Labute approximate surface area is 164 Å². The molecule has 1 fully saturated rings. The summed E-state index contributed by atoms with van der Waals surface area (Å²) in [5, 5.41) is -0.313. The number of hydrogen-bond acceptors (Lipinski definition) is 5. The van der Waals surface area contributed by atoms with Gasteiger partial charge in [0.2, 0.25) is 10.0 Å². The van der Waals surface area contributed by atoms with Crippen LogP contribution in [0.1, 0.15) is 6.42 Å². The summed E-state index contributed by atoms with van der Waals surface area (Å²) in [5.74, 6) is 0.396. The number of sulfonamides is 1. The zero-order chi connectivity index (χ0) is 19.5. The first-order valence-corrected chi connectivity index (χ1v) is 12.0. The maximum atomic E-state index is 12.7. The summed E-state index contributed by atoms with van der Waals surface area (Å²) >= 11 is 5.80. The van der Waals surface area contributed by atoms with Crippen LogP contribution in [0.2, 0.25) is 5.02 Å². The van der Waals surface area contributed by atoms with E-state index in [0.717, 1.165) is 0 Å². The number of para-hydroxylation sites is 1. The van der Waals surface area contributed by atoms with Crippen molar-refractivity contribution in [2.75, 3.05) is 25.4 Å². The molecule has 2 aromatic carbocycles. The fraction of sp³-hybridized carbons (Fsp3) is 0.333. The quantitative estimate of drug-likeness (QED) is 0.675. The SMILES string of the molecule is O=S(=O)(c1ccc(Cl)cc1)[C@@H]1CCN(S(=O)(=O)CCOc2ccccc2)C1. The van der Waals surface area contributed by atoms with Crippen LogP contribution in [0.3, 0.4) is 0 Å². The Kier molecular flexibility index (Phi) is 6.10. The molecule has 27 heavy (non-hydrogen) atoms. The van der Waals surface area contributed by atoms with Gasteiger partial charge in [-0.25, -0.2) is 21.1 Å². The highest BCUT2D eigenvalue weighted by molar-refractivity contribution is 7.92. The van der Waals surface area contributed by atoms with E-state index in [2.05, 4.69) is 0 Å². The number of benzene rings is 2. The van der Waals surface area contributed by atoms with Crippen LogP contribution in [0, 0.1) is 0 Å². The summed E-state index contributed by atoms with van der Waals surface area (Å²) in [4.78, 5) is 0.156. The minimum Gasteiger partial charge on any atom is -0.492 e. The molecule has 0 spiro atoms. The van der Waals surface area contributed by atoms with Gasteiger partial charge in [0.25, 0.3) is 0 Å². The van der Waals surface area contributed by atoms with Crippen molar-refractivity contribution in [3.05, 3.63) is 59.6 Å². The van der Waals surface area contributed by atoms with Crippen LogP contribution in [0.15, 0.2) is 59.5 Å². The van der Waals surface area contributed by atoms with Crippen LogP contribution in [-0.2, 0) is 19.9 Å². The van der Waals surface area contributed by atoms with Crippen LogP contribution in [0.5, 0.6) is 5.75 Å². The van der Waals surface area contributed by atoms with Crippen LogP contribution >= 0.6 is 11.6 Å². The summed E-state index contributed by atoms with van der Waals surface area (Å²) in [6, 6.07) is 14.9. The van der Waals surface area contributed by atoms with Crippen molar-refractivity contribution in [3.8, 4) is 5.75 Å². The van der Waals surface area contributed by atoms with E-state index >= 15 is 0 Å². The van der Waals surface area contributed by atoms with E-state index in [1.54, 1.807) is 24.3 Å². The van der Waals surface area contributed by atoms with E-state index in [4.69, 9.17) is 16.3 Å². The van der Waals surface area contributed by atoms with Crippen LogP contribution in [0.25, 0.3) is 0 Å². The maximum Gasteiger partial charge on any atom is 0.217 e. The van der Waals surface area contributed by atoms with Gasteiger partial charge in [0.05, 0.1) is 15.9 Å². The van der Waals surface area contributed by atoms with Crippen LogP contribution in [0.4, 0.5) is 0 Å². The molecular weight excluding hydrogens is 410 g/mol. The third-order valence-corrected chi connectivity index (χ3v) is 8.68. The molecular formula is C18H20ClNO5S2. The highest BCUT2D eigenvalue weighted by atomic mass is 35.5. The lowest BCUT2D eigenvalue weighted by molar-refractivity contribution is 0.337. The topological polar surface area (TPSA) is 80.8 Å². The first-order chi connectivity index (χ1) is 12.8. The predicted octanol–water partition coefficient (Wildman–Crippen LogP) is 2.60. The van der Waals surface area contributed by atoms with Crippen LogP contribution < -0.4 is 4.74 Å². The van der Waals surface area contributed by atoms with Crippen molar-refractivity contribution in [2.45, 2.75) is 16.6 Å². The van der Waals surface area contributed by atoms with Gasteiger partial charge in [-0.2, -0.15) is 0 Å². The Bertz CT molecular complexity index is 976. The largest absolute Gasteiger partial charge is 0.492 e. The predicted molar refractivity (Wildman–Crippen MR) is 104 cm³/mol. The number of hydrogen-bond donors (Lipinski definition) is 0. The standard InChI is InChI=1S/C18H20ClNO5S2/c19-15-6-8-17(9-7-15)27(23,24)18-10-11-20(14-18)26(21,22)13-12-25-16-4-2-1-3-5-16/h1-9,18H,10-14H2/t18-/m1/s1. The first kappa shape index (κ1) is 20.1. The molecule has 0 N–H and O–H groups in total. The highest BCUT2D eigenvalue weighted by Gasteiger charge is 2.38. The van der Waals surface area contributed by atoms with E-state index < -0.39 is 25.1 Å². The smallest absolute Gasteiger partial charge is 0.217 e. The third kappa shape index (κ3) is 4.82. The maximum absolute atomic E-state index is 12.7. The van der Waals surface area contributed by atoms with E-state index in [-0.39, 0.29) is 36.8 Å². The molecule has 2 aromatic rings. The van der Waals surface area contributed by atoms with Gasteiger partial charge < -0.3 is 4.74 Å². The number of nitrogens with zero attached hydrogens (tertiary/aromatic N) is 1. The lowest BCUT2D eigenvalue weighted by Gasteiger charge is -2.17. The molecule has 1 saturated heterocycles. The van der Waals surface area contributed by atoms with Crippen LogP contribution in [-0.4, -0.2) is 51.8 Å². The summed E-state index contributed by atoms with van der Waals surface area (Å²) in [6.45, 7) is 0.154. The van der Waals surface area contributed by atoms with Crippen molar-refractivity contribution in [1.82, 2.24) is 4.31 Å². The van der Waals surface area contributed by atoms with Crippen molar-refractivity contribution < 1.29 is 21.6 Å². The van der Waals surface area contributed by atoms with Crippen molar-refractivity contribution in [2.24, 2.45) is 0 Å². The molecule has 0 radical (unpaired) electrons. The van der Waals surface area contributed by atoms with Gasteiger partial charge in [0.1, 0.15) is 12.4 Å². The van der Waals surface area contributed by atoms with E-state index in [9.17, 15) is 16.8 Å². The molecule has 0 aliphatic carbocycles. The summed E-state index contributed by atoms with van der Waals surface area (Å²) in [6.07, 6.45) is 0.268. The fourth-order valence-corrected chi connectivity index (χ4v) is 6.19. The zero-order valence-corrected chi connectivity index (χ0v) is 16.9. The van der Waals surface area contributed by atoms with Gasteiger partial charge in [-0.1, -0.05) is 29.8 Å². The second-order valence-electron chi connectivity index (χ2n) is 6.25. The Morgan fingerprint density at radius 1 is 1.00 bits per heavy atom. The van der Waals surface area contributed by atoms with Gasteiger partial charge in [0, 0.05) is 18.1 Å². The molecule has 0 aromatic heterocycles. The second-order valence-corrected chi connectivity index (χ2v) is 11.0. The van der Waals surface area contributed by atoms with Gasteiger partial charge in [-0.15, -0.1) is 0 Å². The van der Waals surface area contributed by atoms with Gasteiger partial charge in [-0.3, -0.25) is 0 Å². The Morgan fingerprint density at radius 3 is 2.33 bits per heavy atom. The van der Waals surface area contributed by atoms with Gasteiger partial charge >= 0.3 is 0 Å². The molecule has 1 aliphatic heterocycles. The lowest BCUT2D eigenvalue weighted by Crippen LogP contribution is -2.35. The molecule has 0 saturated carbocycles. The molecule has 0 amide bonds. The van der Waals surface area contributed by atoms with Gasteiger partial charge in [0.15, 0.2) is 9.84 Å². The number of rotatable bonds is 7. The molecule has 0 bridgehead atoms. The summed E-state index contributed by atoms with van der Waals surface area (Å²) in [5.41, 5.74) is 0. The zero-order valence-electron chi connectivity index (χ0n) is 14.5. The summed E-state index contributed by atoms with van der Waals surface area (Å²) < 4.78 is 57.2. The average molecular weight is 430 g/mol. The molecule has 3 rings (SSSR count). The second kappa shape index (κ2) is 8.18. The van der Waals surface area contributed by atoms with Crippen molar-refractivity contribution in [1.29, 1.82) is 0 Å². The van der Waals surface area contributed by atoms with Crippen molar-refractivity contribution in [3.63, 3.8) is 0 Å². The molecule has 1 heterocycles. The van der Waals surface area contributed by atoms with E-state index in [0.29, 0.717) is 10.8 Å². The molecule has 146 valence electrons. The Hall–Kier alpha value is -1.61.